The van der Waals surface area contributed by atoms with Gasteiger partial charge in [0.1, 0.15) is 11.6 Å². The van der Waals surface area contributed by atoms with Gasteiger partial charge in [0.05, 0.1) is 16.8 Å². The number of nitriles is 1. The zero-order chi connectivity index (χ0) is 22.1. The summed E-state index contributed by atoms with van der Waals surface area (Å²) in [6, 6.07) is 30.0. The Balaban J connectivity index is 1.93. The Morgan fingerprint density at radius 3 is 2.25 bits per heavy atom. The Morgan fingerprint density at radius 2 is 1.56 bits per heavy atom. The summed E-state index contributed by atoms with van der Waals surface area (Å²) in [5, 5.41) is 11.6. The Bertz CT molecular complexity index is 1550. The minimum absolute atomic E-state index is 0.0859. The molecular formula is C28H21N3O. The summed E-state index contributed by atoms with van der Waals surface area (Å²) in [7, 11) is 0. The van der Waals surface area contributed by atoms with Crippen molar-refractivity contribution < 1.29 is 0 Å². The number of aromatic nitrogens is 2. The molecule has 4 nitrogen and oxygen atoms in total. The maximum atomic E-state index is 13.9. The van der Waals surface area contributed by atoms with E-state index in [9.17, 15) is 10.1 Å². The largest absolute Gasteiger partial charge is 0.330 e. The summed E-state index contributed by atoms with van der Waals surface area (Å²) in [6.45, 7) is 4.77. The first-order valence-corrected chi connectivity index (χ1v) is 10.5. The summed E-state index contributed by atoms with van der Waals surface area (Å²) in [4.78, 5) is 13.9. The first kappa shape index (κ1) is 19.6. The lowest BCUT2D eigenvalue weighted by Gasteiger charge is -2.14. The molecule has 154 valence electrons. The number of hydrogen-bond acceptors (Lipinski definition) is 2. The number of hydrogen-bond donors (Lipinski definition) is 0. The van der Waals surface area contributed by atoms with Gasteiger partial charge in [-0.05, 0) is 23.3 Å². The first-order valence-electron chi connectivity index (χ1n) is 10.5. The second-order valence-corrected chi connectivity index (χ2v) is 7.75. The van der Waals surface area contributed by atoms with Crippen molar-refractivity contribution in [3.05, 3.63) is 119 Å². The van der Waals surface area contributed by atoms with Gasteiger partial charge < -0.3 is 9.13 Å². The summed E-state index contributed by atoms with van der Waals surface area (Å²) < 4.78 is 3.76. The van der Waals surface area contributed by atoms with Crippen molar-refractivity contribution in [2.75, 3.05) is 0 Å². The van der Waals surface area contributed by atoms with Crippen molar-refractivity contribution >= 4 is 21.8 Å². The van der Waals surface area contributed by atoms with Crippen molar-refractivity contribution in [2.24, 2.45) is 0 Å². The van der Waals surface area contributed by atoms with E-state index in [1.54, 1.807) is 10.6 Å². The van der Waals surface area contributed by atoms with E-state index < -0.39 is 0 Å². The topological polar surface area (TPSA) is 50.7 Å². The summed E-state index contributed by atoms with van der Waals surface area (Å²) in [6.07, 6.45) is 1.74. The molecule has 0 unspecified atom stereocenters. The predicted molar refractivity (Wildman–Crippen MR) is 130 cm³/mol. The molecule has 0 saturated heterocycles. The van der Waals surface area contributed by atoms with Gasteiger partial charge in [0.25, 0.3) is 5.56 Å². The number of benzene rings is 3. The molecule has 5 aromatic rings. The molecule has 0 aliphatic heterocycles. The molecule has 0 N–H and O–H groups in total. The van der Waals surface area contributed by atoms with E-state index in [0.29, 0.717) is 24.2 Å². The van der Waals surface area contributed by atoms with Crippen LogP contribution in [0, 0.1) is 11.3 Å². The van der Waals surface area contributed by atoms with Gasteiger partial charge in [0, 0.05) is 23.9 Å². The van der Waals surface area contributed by atoms with E-state index in [0.717, 1.165) is 33.1 Å². The molecule has 0 fully saturated rings. The molecule has 0 aliphatic rings. The number of fused-ring (bicyclic) bond motifs is 3. The lowest BCUT2D eigenvalue weighted by molar-refractivity contribution is 0.781. The third-order valence-corrected chi connectivity index (χ3v) is 5.83. The van der Waals surface area contributed by atoms with Gasteiger partial charge >= 0.3 is 0 Å². The fourth-order valence-electron chi connectivity index (χ4n) is 4.44. The molecule has 2 aromatic heterocycles. The highest BCUT2D eigenvalue weighted by molar-refractivity contribution is 6.10. The van der Waals surface area contributed by atoms with Crippen molar-refractivity contribution in [3.8, 4) is 17.3 Å². The standard InChI is InChI=1S/C28H21N3O/c1-2-16-30-25(21-12-7-4-8-13-21)17-24-23-15-9-14-22(18-29)26(23)31(27(24)28(30)32)19-20-10-5-3-6-11-20/h2-15,17H,1,16,19H2. The molecule has 0 atom stereocenters. The highest BCUT2D eigenvalue weighted by Gasteiger charge is 2.20. The second kappa shape index (κ2) is 8.05. The van der Waals surface area contributed by atoms with E-state index in [-0.39, 0.29) is 5.56 Å². The van der Waals surface area contributed by atoms with E-state index in [4.69, 9.17) is 0 Å². The number of pyridine rings is 1. The van der Waals surface area contributed by atoms with Crippen LogP contribution in [0.1, 0.15) is 11.1 Å². The summed E-state index contributed by atoms with van der Waals surface area (Å²) in [5.41, 5.74) is 4.75. The normalized spacial score (nSPS) is 11.0. The minimum atomic E-state index is -0.0859. The van der Waals surface area contributed by atoms with Crippen LogP contribution in [0.25, 0.3) is 33.1 Å². The highest BCUT2D eigenvalue weighted by atomic mass is 16.1. The molecule has 0 aliphatic carbocycles. The van der Waals surface area contributed by atoms with Crippen LogP contribution in [0.3, 0.4) is 0 Å². The molecule has 0 radical (unpaired) electrons. The quantitative estimate of drug-likeness (QED) is 0.344. The average molecular weight is 415 g/mol. The van der Waals surface area contributed by atoms with Gasteiger partial charge in [-0.2, -0.15) is 5.26 Å². The zero-order valence-corrected chi connectivity index (χ0v) is 17.5. The number of nitrogens with zero attached hydrogens (tertiary/aromatic N) is 3. The van der Waals surface area contributed by atoms with E-state index in [2.05, 4.69) is 18.7 Å². The zero-order valence-electron chi connectivity index (χ0n) is 17.5. The molecule has 32 heavy (non-hydrogen) atoms. The monoisotopic (exact) mass is 415 g/mol. The van der Waals surface area contributed by atoms with Crippen molar-refractivity contribution in [3.63, 3.8) is 0 Å². The Kier molecular flexibility index (Phi) is 4.93. The fourth-order valence-corrected chi connectivity index (χ4v) is 4.44. The average Bonchev–Trinajstić information content (AvgIpc) is 3.15. The first-order chi connectivity index (χ1) is 15.7. The third-order valence-electron chi connectivity index (χ3n) is 5.83. The van der Waals surface area contributed by atoms with Crippen molar-refractivity contribution in [2.45, 2.75) is 13.1 Å². The van der Waals surface area contributed by atoms with E-state index >= 15 is 0 Å². The van der Waals surface area contributed by atoms with Crippen LogP contribution in [-0.4, -0.2) is 9.13 Å². The maximum absolute atomic E-state index is 13.9. The Hall–Kier alpha value is -4.36. The predicted octanol–water partition coefficient (Wildman–Crippen LogP) is 5.73. The molecule has 5 rings (SSSR count). The van der Waals surface area contributed by atoms with Crippen LogP contribution in [0.5, 0.6) is 0 Å². The molecular weight excluding hydrogens is 394 g/mol. The van der Waals surface area contributed by atoms with Crippen LogP contribution in [0.2, 0.25) is 0 Å². The minimum Gasteiger partial charge on any atom is -0.330 e. The molecule has 0 spiro atoms. The van der Waals surface area contributed by atoms with Crippen LogP contribution < -0.4 is 5.56 Å². The number of rotatable bonds is 5. The van der Waals surface area contributed by atoms with Crippen molar-refractivity contribution in [1.82, 2.24) is 9.13 Å². The lowest BCUT2D eigenvalue weighted by Crippen LogP contribution is -2.23. The van der Waals surface area contributed by atoms with Gasteiger partial charge in [0.15, 0.2) is 0 Å². The lowest BCUT2D eigenvalue weighted by atomic mass is 10.1. The van der Waals surface area contributed by atoms with Crippen LogP contribution in [-0.2, 0) is 13.1 Å². The Morgan fingerprint density at radius 1 is 0.844 bits per heavy atom. The van der Waals surface area contributed by atoms with Crippen LogP contribution in [0.4, 0.5) is 0 Å². The van der Waals surface area contributed by atoms with Gasteiger partial charge in [-0.15, -0.1) is 6.58 Å². The van der Waals surface area contributed by atoms with Gasteiger partial charge in [-0.3, -0.25) is 4.79 Å². The smallest absolute Gasteiger partial charge is 0.275 e. The molecule has 2 heterocycles. The summed E-state index contributed by atoms with van der Waals surface area (Å²) in [5.74, 6) is 0. The van der Waals surface area contributed by atoms with Gasteiger partial charge in [-0.1, -0.05) is 78.9 Å². The molecule has 4 heteroatoms. The Labute approximate surface area is 185 Å². The third kappa shape index (κ3) is 3.12. The SMILES string of the molecule is C=CCn1c(-c2ccccc2)cc2c3cccc(C#N)c3n(Cc3ccccc3)c2c1=O. The molecule has 0 amide bonds. The van der Waals surface area contributed by atoms with E-state index in [1.807, 2.05) is 83.4 Å². The molecule has 0 saturated carbocycles. The molecule has 3 aromatic carbocycles. The number of allylic oxidation sites excluding steroid dienone is 1. The number of para-hydroxylation sites is 1. The highest BCUT2D eigenvalue weighted by Crippen LogP contribution is 2.33. The maximum Gasteiger partial charge on any atom is 0.275 e. The summed E-state index contributed by atoms with van der Waals surface area (Å²) >= 11 is 0. The second-order valence-electron chi connectivity index (χ2n) is 7.75. The van der Waals surface area contributed by atoms with Crippen LogP contribution in [0.15, 0.2) is 102 Å². The molecule has 0 bridgehead atoms. The fraction of sp³-hybridized carbons (Fsp3) is 0.0714. The van der Waals surface area contributed by atoms with Gasteiger partial charge in [0.2, 0.25) is 0 Å². The van der Waals surface area contributed by atoms with Crippen molar-refractivity contribution in [1.29, 1.82) is 5.26 Å². The van der Waals surface area contributed by atoms with Gasteiger partial charge in [-0.25, -0.2) is 0 Å². The van der Waals surface area contributed by atoms with E-state index in [1.165, 1.54) is 0 Å². The van der Waals surface area contributed by atoms with Crippen LogP contribution >= 0.6 is 0 Å².